The number of benzene rings is 4. The number of hydrazone groups is 1. The Kier molecular flexibility index (Phi) is 7.70. The number of nitrogens with zero attached hydrogens (tertiary/aromatic N) is 1. The molecule has 7 nitrogen and oxygen atoms in total. The number of esters is 1. The van der Waals surface area contributed by atoms with E-state index in [1.54, 1.807) is 48.5 Å². The Morgan fingerprint density at radius 2 is 1.54 bits per heavy atom. The van der Waals surface area contributed by atoms with Crippen molar-refractivity contribution in [2.45, 2.75) is 6.92 Å². The van der Waals surface area contributed by atoms with Crippen LogP contribution in [0.4, 0.5) is 0 Å². The molecule has 0 saturated carbocycles. The summed E-state index contributed by atoms with van der Waals surface area (Å²) in [5, 5.41) is 5.93. The quantitative estimate of drug-likeness (QED) is 0.162. The number of hydrogen-bond acceptors (Lipinski definition) is 6. The summed E-state index contributed by atoms with van der Waals surface area (Å²) in [5.74, 6) is 0.883. The lowest BCUT2D eigenvalue weighted by Crippen LogP contribution is -2.24. The molecule has 4 aromatic carbocycles. The van der Waals surface area contributed by atoms with Gasteiger partial charge in [0.05, 0.1) is 18.4 Å². The van der Waals surface area contributed by atoms with Gasteiger partial charge in [-0.25, -0.2) is 10.2 Å². The van der Waals surface area contributed by atoms with E-state index in [4.69, 9.17) is 14.2 Å². The van der Waals surface area contributed by atoms with E-state index in [1.807, 2.05) is 49.4 Å². The molecule has 0 atom stereocenters. The van der Waals surface area contributed by atoms with E-state index in [1.165, 1.54) is 6.21 Å². The van der Waals surface area contributed by atoms with E-state index in [0.717, 1.165) is 16.3 Å². The zero-order valence-electron chi connectivity index (χ0n) is 19.1. The maximum atomic E-state index is 12.3. The Labute approximate surface area is 202 Å². The van der Waals surface area contributed by atoms with Crippen LogP contribution in [0, 0.1) is 0 Å². The van der Waals surface area contributed by atoms with Crippen molar-refractivity contribution in [1.29, 1.82) is 0 Å². The van der Waals surface area contributed by atoms with Crippen LogP contribution in [0.5, 0.6) is 17.2 Å². The van der Waals surface area contributed by atoms with E-state index < -0.39 is 5.97 Å². The van der Waals surface area contributed by atoms with Gasteiger partial charge in [0.15, 0.2) is 6.61 Å². The zero-order valence-corrected chi connectivity index (χ0v) is 19.1. The number of ether oxygens (including phenoxy) is 3. The molecule has 0 radical (unpaired) electrons. The van der Waals surface area contributed by atoms with E-state index in [2.05, 4.69) is 10.5 Å². The molecule has 0 unspecified atom stereocenters. The van der Waals surface area contributed by atoms with E-state index in [0.29, 0.717) is 29.4 Å². The normalized spacial score (nSPS) is 10.8. The van der Waals surface area contributed by atoms with Crippen molar-refractivity contribution in [3.63, 3.8) is 0 Å². The number of carbonyl (C=O) groups is 2. The number of carbonyl (C=O) groups excluding carboxylic acids is 2. The van der Waals surface area contributed by atoms with Gasteiger partial charge in [-0.3, -0.25) is 4.79 Å². The lowest BCUT2D eigenvalue weighted by Gasteiger charge is -2.08. The van der Waals surface area contributed by atoms with Crippen LogP contribution in [0.2, 0.25) is 0 Å². The minimum atomic E-state index is -0.465. The van der Waals surface area contributed by atoms with Gasteiger partial charge in [-0.1, -0.05) is 36.4 Å². The Bertz CT molecular complexity index is 1330. The van der Waals surface area contributed by atoms with E-state index in [9.17, 15) is 9.59 Å². The summed E-state index contributed by atoms with van der Waals surface area (Å²) in [5.41, 5.74) is 3.59. The number of amides is 1. The smallest absolute Gasteiger partial charge is 0.343 e. The number of fused-ring (bicyclic) bond motifs is 1. The highest BCUT2D eigenvalue weighted by molar-refractivity contribution is 5.91. The minimum absolute atomic E-state index is 0.161. The van der Waals surface area contributed by atoms with Crippen LogP contribution in [0.15, 0.2) is 96.1 Å². The molecule has 4 aromatic rings. The summed E-state index contributed by atoms with van der Waals surface area (Å²) >= 11 is 0. The molecule has 176 valence electrons. The fraction of sp³-hybridized carbons (Fsp3) is 0.107. The van der Waals surface area contributed by atoms with Gasteiger partial charge in [0.2, 0.25) is 0 Å². The molecule has 0 aliphatic carbocycles. The second kappa shape index (κ2) is 11.5. The van der Waals surface area contributed by atoms with Crippen LogP contribution in [0.1, 0.15) is 22.8 Å². The molecule has 0 aliphatic heterocycles. The fourth-order valence-electron chi connectivity index (χ4n) is 3.32. The van der Waals surface area contributed by atoms with Crippen molar-refractivity contribution >= 4 is 28.9 Å². The zero-order chi connectivity index (χ0) is 24.5. The molecule has 0 heterocycles. The molecule has 1 amide bonds. The van der Waals surface area contributed by atoms with Gasteiger partial charge in [-0.05, 0) is 72.5 Å². The molecule has 1 N–H and O–H groups in total. The first-order chi connectivity index (χ1) is 17.1. The lowest BCUT2D eigenvalue weighted by atomic mass is 10.1. The number of hydrogen-bond donors (Lipinski definition) is 1. The third-order valence-electron chi connectivity index (χ3n) is 5.00. The first-order valence-corrected chi connectivity index (χ1v) is 11.1. The van der Waals surface area contributed by atoms with Crippen LogP contribution < -0.4 is 19.6 Å². The second-order valence-corrected chi connectivity index (χ2v) is 7.48. The first kappa shape index (κ1) is 23.5. The van der Waals surface area contributed by atoms with E-state index >= 15 is 0 Å². The predicted octanol–water partition coefficient (Wildman–Crippen LogP) is 4.99. The molecular weight excluding hydrogens is 444 g/mol. The molecule has 0 aromatic heterocycles. The number of nitrogens with one attached hydrogen (secondary N) is 1. The van der Waals surface area contributed by atoms with Crippen molar-refractivity contribution in [3.05, 3.63) is 102 Å². The molecular formula is C28H24N2O5. The van der Waals surface area contributed by atoms with Crippen LogP contribution in [0.3, 0.4) is 0 Å². The molecule has 35 heavy (non-hydrogen) atoms. The summed E-state index contributed by atoms with van der Waals surface area (Å²) in [6.45, 7) is 2.29. The van der Waals surface area contributed by atoms with Gasteiger partial charge >= 0.3 is 5.97 Å². The molecule has 0 saturated heterocycles. The molecule has 0 spiro atoms. The van der Waals surface area contributed by atoms with Crippen molar-refractivity contribution in [2.24, 2.45) is 5.10 Å². The topological polar surface area (TPSA) is 86.2 Å². The highest BCUT2D eigenvalue weighted by atomic mass is 16.5. The van der Waals surface area contributed by atoms with Crippen LogP contribution >= 0.6 is 0 Å². The van der Waals surface area contributed by atoms with Crippen LogP contribution in [-0.2, 0) is 4.79 Å². The van der Waals surface area contributed by atoms with Crippen molar-refractivity contribution < 1.29 is 23.8 Å². The summed E-state index contributed by atoms with van der Waals surface area (Å²) in [4.78, 5) is 24.4. The average Bonchev–Trinajstić information content (AvgIpc) is 2.89. The summed E-state index contributed by atoms with van der Waals surface area (Å²) in [6, 6.07) is 27.0. The lowest BCUT2D eigenvalue weighted by molar-refractivity contribution is -0.123. The third kappa shape index (κ3) is 6.45. The highest BCUT2D eigenvalue weighted by Crippen LogP contribution is 2.25. The molecule has 0 bridgehead atoms. The Morgan fingerprint density at radius 1 is 0.829 bits per heavy atom. The van der Waals surface area contributed by atoms with Crippen LogP contribution in [0.25, 0.3) is 10.8 Å². The summed E-state index contributed by atoms with van der Waals surface area (Å²) < 4.78 is 16.4. The van der Waals surface area contributed by atoms with Gasteiger partial charge in [0.1, 0.15) is 17.2 Å². The highest BCUT2D eigenvalue weighted by Gasteiger charge is 2.09. The molecule has 7 heteroatoms. The maximum Gasteiger partial charge on any atom is 0.343 e. The van der Waals surface area contributed by atoms with E-state index in [-0.39, 0.29) is 12.5 Å². The third-order valence-corrected chi connectivity index (χ3v) is 5.00. The molecule has 0 fully saturated rings. The Morgan fingerprint density at radius 3 is 2.31 bits per heavy atom. The summed E-state index contributed by atoms with van der Waals surface area (Å²) in [6.07, 6.45) is 1.49. The second-order valence-electron chi connectivity index (χ2n) is 7.48. The minimum Gasteiger partial charge on any atom is -0.494 e. The van der Waals surface area contributed by atoms with Crippen molar-refractivity contribution in [1.82, 2.24) is 5.43 Å². The van der Waals surface area contributed by atoms with Gasteiger partial charge in [-0.15, -0.1) is 0 Å². The van der Waals surface area contributed by atoms with Crippen molar-refractivity contribution in [3.8, 4) is 17.2 Å². The van der Waals surface area contributed by atoms with Crippen LogP contribution in [-0.4, -0.2) is 31.3 Å². The Balaban J connectivity index is 1.25. The average molecular weight is 469 g/mol. The molecule has 0 aliphatic rings. The Hall–Kier alpha value is -4.65. The van der Waals surface area contributed by atoms with Gasteiger partial charge in [-0.2, -0.15) is 5.10 Å². The van der Waals surface area contributed by atoms with Gasteiger partial charge in [0.25, 0.3) is 5.91 Å². The maximum absolute atomic E-state index is 12.3. The predicted molar refractivity (Wildman–Crippen MR) is 134 cm³/mol. The molecule has 4 rings (SSSR count). The number of rotatable bonds is 9. The van der Waals surface area contributed by atoms with Crippen molar-refractivity contribution in [2.75, 3.05) is 13.2 Å². The SMILES string of the molecule is CCOc1ccc(C(=O)Oc2ccc(C=NNC(=O)COc3cccc4ccccc34)cc2)cc1. The monoisotopic (exact) mass is 468 g/mol. The summed E-state index contributed by atoms with van der Waals surface area (Å²) in [7, 11) is 0. The van der Waals surface area contributed by atoms with Gasteiger partial charge < -0.3 is 14.2 Å². The first-order valence-electron chi connectivity index (χ1n) is 11.1. The fourth-order valence-corrected chi connectivity index (χ4v) is 3.32. The standard InChI is InChI=1S/C28H24N2O5/c1-2-33-23-16-12-22(13-17-23)28(32)35-24-14-10-20(11-15-24)18-29-30-27(31)19-34-26-9-5-7-21-6-3-4-8-25(21)26/h3-18H,2,19H2,1H3,(H,30,31). The van der Waals surface area contributed by atoms with Gasteiger partial charge in [0, 0.05) is 5.39 Å². The largest absolute Gasteiger partial charge is 0.494 e.